The SMILES string of the molecule is COC(=O)CCCNCc1[nH]c2ccccc2c1Cl. The van der Waals surface area contributed by atoms with E-state index in [9.17, 15) is 4.79 Å². The van der Waals surface area contributed by atoms with Crippen molar-refractivity contribution < 1.29 is 9.53 Å². The van der Waals surface area contributed by atoms with Crippen molar-refractivity contribution in [1.29, 1.82) is 0 Å². The Morgan fingerprint density at radius 1 is 1.42 bits per heavy atom. The minimum absolute atomic E-state index is 0.176. The lowest BCUT2D eigenvalue weighted by atomic mass is 10.2. The van der Waals surface area contributed by atoms with E-state index in [1.54, 1.807) is 0 Å². The largest absolute Gasteiger partial charge is 0.469 e. The summed E-state index contributed by atoms with van der Waals surface area (Å²) < 4.78 is 4.58. The number of halogens is 1. The molecular formula is C14H17ClN2O2. The predicted molar refractivity (Wildman–Crippen MR) is 76.3 cm³/mol. The highest BCUT2D eigenvalue weighted by atomic mass is 35.5. The van der Waals surface area contributed by atoms with Gasteiger partial charge in [-0.15, -0.1) is 0 Å². The summed E-state index contributed by atoms with van der Waals surface area (Å²) >= 11 is 6.30. The number of hydrogen-bond donors (Lipinski definition) is 2. The molecule has 0 aliphatic heterocycles. The number of hydrogen-bond acceptors (Lipinski definition) is 3. The number of carbonyl (C=O) groups is 1. The van der Waals surface area contributed by atoms with E-state index in [2.05, 4.69) is 15.0 Å². The molecule has 0 saturated carbocycles. The average molecular weight is 281 g/mol. The van der Waals surface area contributed by atoms with Gasteiger partial charge in [-0.1, -0.05) is 29.8 Å². The van der Waals surface area contributed by atoms with Crippen LogP contribution in [0.1, 0.15) is 18.5 Å². The van der Waals surface area contributed by atoms with Gasteiger partial charge in [0.15, 0.2) is 0 Å². The number of methoxy groups -OCH3 is 1. The summed E-state index contributed by atoms with van der Waals surface area (Å²) in [4.78, 5) is 14.2. The van der Waals surface area contributed by atoms with Crippen LogP contribution in [0.5, 0.6) is 0 Å². The second-order valence-corrected chi connectivity index (χ2v) is 4.70. The number of aromatic nitrogens is 1. The fraction of sp³-hybridized carbons (Fsp3) is 0.357. The lowest BCUT2D eigenvalue weighted by Crippen LogP contribution is -2.16. The van der Waals surface area contributed by atoms with Crippen LogP contribution in [0, 0.1) is 0 Å². The van der Waals surface area contributed by atoms with Gasteiger partial charge in [-0.25, -0.2) is 0 Å². The van der Waals surface area contributed by atoms with Crippen LogP contribution < -0.4 is 5.32 Å². The first-order valence-corrected chi connectivity index (χ1v) is 6.63. The predicted octanol–water partition coefficient (Wildman–Crippen LogP) is 2.86. The molecule has 0 unspecified atom stereocenters. The Labute approximate surface area is 117 Å². The molecule has 2 rings (SSSR count). The molecule has 0 aliphatic rings. The molecule has 1 aromatic carbocycles. The Morgan fingerprint density at radius 2 is 2.21 bits per heavy atom. The van der Waals surface area contributed by atoms with Crippen molar-refractivity contribution in [1.82, 2.24) is 10.3 Å². The van der Waals surface area contributed by atoms with Gasteiger partial charge in [0.25, 0.3) is 0 Å². The Balaban J connectivity index is 1.85. The van der Waals surface area contributed by atoms with Gasteiger partial charge in [0, 0.05) is 29.6 Å². The lowest BCUT2D eigenvalue weighted by molar-refractivity contribution is -0.140. The van der Waals surface area contributed by atoms with Crippen LogP contribution in [-0.2, 0) is 16.1 Å². The Bertz CT molecular complexity index is 566. The minimum Gasteiger partial charge on any atom is -0.469 e. The van der Waals surface area contributed by atoms with Gasteiger partial charge in [0.2, 0.25) is 0 Å². The fourth-order valence-electron chi connectivity index (χ4n) is 1.96. The fourth-order valence-corrected chi connectivity index (χ4v) is 2.24. The standard InChI is InChI=1S/C14H17ClN2O2/c1-19-13(18)7-4-8-16-9-12-14(15)10-5-2-3-6-11(10)17-12/h2-3,5-6,16-17H,4,7-9H2,1H3. The normalized spacial score (nSPS) is 10.8. The number of esters is 1. The van der Waals surface area contributed by atoms with Gasteiger partial charge in [-0.3, -0.25) is 4.79 Å². The molecule has 1 aromatic heterocycles. The zero-order valence-electron chi connectivity index (χ0n) is 10.8. The van der Waals surface area contributed by atoms with Crippen LogP contribution in [0.3, 0.4) is 0 Å². The summed E-state index contributed by atoms with van der Waals surface area (Å²) in [7, 11) is 1.40. The van der Waals surface area contributed by atoms with Crippen LogP contribution in [0.4, 0.5) is 0 Å². The molecule has 0 radical (unpaired) electrons. The monoisotopic (exact) mass is 280 g/mol. The first-order chi connectivity index (χ1) is 9.22. The van der Waals surface area contributed by atoms with Gasteiger partial charge in [0.1, 0.15) is 0 Å². The van der Waals surface area contributed by atoms with E-state index in [4.69, 9.17) is 11.6 Å². The lowest BCUT2D eigenvalue weighted by Gasteiger charge is -2.03. The van der Waals surface area contributed by atoms with Crippen molar-refractivity contribution in [2.45, 2.75) is 19.4 Å². The molecular weight excluding hydrogens is 264 g/mol. The number of ether oxygens (including phenoxy) is 1. The van der Waals surface area contributed by atoms with Crippen molar-refractivity contribution in [3.05, 3.63) is 35.0 Å². The number of rotatable bonds is 6. The van der Waals surface area contributed by atoms with E-state index in [1.807, 2.05) is 24.3 Å². The number of para-hydroxylation sites is 1. The van der Waals surface area contributed by atoms with Gasteiger partial charge in [-0.2, -0.15) is 0 Å². The number of carbonyl (C=O) groups excluding carboxylic acids is 1. The van der Waals surface area contributed by atoms with E-state index in [0.29, 0.717) is 13.0 Å². The van der Waals surface area contributed by atoms with Crippen LogP contribution in [0.15, 0.2) is 24.3 Å². The highest BCUT2D eigenvalue weighted by molar-refractivity contribution is 6.36. The Morgan fingerprint density at radius 3 is 2.95 bits per heavy atom. The number of nitrogens with one attached hydrogen (secondary N) is 2. The maximum Gasteiger partial charge on any atom is 0.305 e. The molecule has 2 N–H and O–H groups in total. The third-order valence-corrected chi connectivity index (χ3v) is 3.41. The third kappa shape index (κ3) is 3.49. The molecule has 0 bridgehead atoms. The van der Waals surface area contributed by atoms with Gasteiger partial charge < -0.3 is 15.0 Å². The maximum absolute atomic E-state index is 10.9. The first-order valence-electron chi connectivity index (χ1n) is 6.25. The smallest absolute Gasteiger partial charge is 0.305 e. The molecule has 2 aromatic rings. The van der Waals surface area contributed by atoms with Gasteiger partial charge in [0.05, 0.1) is 12.1 Å². The average Bonchev–Trinajstić information content (AvgIpc) is 2.75. The molecule has 1 heterocycles. The molecule has 102 valence electrons. The highest BCUT2D eigenvalue weighted by Gasteiger charge is 2.08. The van der Waals surface area contributed by atoms with E-state index in [-0.39, 0.29) is 5.97 Å². The molecule has 0 fully saturated rings. The van der Waals surface area contributed by atoms with Crippen LogP contribution >= 0.6 is 11.6 Å². The van der Waals surface area contributed by atoms with E-state index < -0.39 is 0 Å². The van der Waals surface area contributed by atoms with Crippen molar-refractivity contribution in [2.75, 3.05) is 13.7 Å². The molecule has 0 spiro atoms. The van der Waals surface area contributed by atoms with Crippen molar-refractivity contribution in [3.8, 4) is 0 Å². The summed E-state index contributed by atoms with van der Waals surface area (Å²) in [5.74, 6) is -0.176. The van der Waals surface area contributed by atoms with E-state index in [1.165, 1.54) is 7.11 Å². The molecule has 4 nitrogen and oxygen atoms in total. The molecule has 0 amide bonds. The van der Waals surface area contributed by atoms with Crippen molar-refractivity contribution in [3.63, 3.8) is 0 Å². The van der Waals surface area contributed by atoms with Crippen molar-refractivity contribution >= 4 is 28.5 Å². The van der Waals surface area contributed by atoms with Crippen LogP contribution in [0.25, 0.3) is 10.9 Å². The Hall–Kier alpha value is -1.52. The molecule has 0 saturated heterocycles. The number of aromatic amines is 1. The second-order valence-electron chi connectivity index (χ2n) is 4.32. The molecule has 5 heteroatoms. The van der Waals surface area contributed by atoms with Crippen molar-refractivity contribution in [2.24, 2.45) is 0 Å². The van der Waals surface area contributed by atoms with Crippen LogP contribution in [0.2, 0.25) is 5.02 Å². The summed E-state index contributed by atoms with van der Waals surface area (Å²) in [5, 5.41) is 5.06. The highest BCUT2D eigenvalue weighted by Crippen LogP contribution is 2.26. The van der Waals surface area contributed by atoms with Gasteiger partial charge >= 0.3 is 5.97 Å². The quantitative estimate of drug-likeness (QED) is 0.632. The Kier molecular flexibility index (Phi) is 4.82. The number of fused-ring (bicyclic) bond motifs is 1. The zero-order chi connectivity index (χ0) is 13.7. The second kappa shape index (κ2) is 6.59. The summed E-state index contributed by atoms with van der Waals surface area (Å²) in [5.41, 5.74) is 2.01. The summed E-state index contributed by atoms with van der Waals surface area (Å²) in [6.07, 6.45) is 1.19. The number of benzene rings is 1. The topological polar surface area (TPSA) is 54.1 Å². The third-order valence-electron chi connectivity index (χ3n) is 2.98. The first kappa shape index (κ1) is 13.9. The molecule has 19 heavy (non-hydrogen) atoms. The minimum atomic E-state index is -0.176. The molecule has 0 atom stereocenters. The molecule has 0 aliphatic carbocycles. The zero-order valence-corrected chi connectivity index (χ0v) is 11.6. The number of H-pyrrole nitrogens is 1. The van der Waals surface area contributed by atoms with E-state index in [0.717, 1.165) is 34.6 Å². The van der Waals surface area contributed by atoms with Gasteiger partial charge in [-0.05, 0) is 19.0 Å². The summed E-state index contributed by atoms with van der Waals surface area (Å²) in [6, 6.07) is 7.94. The van der Waals surface area contributed by atoms with E-state index >= 15 is 0 Å². The summed E-state index contributed by atoms with van der Waals surface area (Å²) in [6.45, 7) is 1.41. The van der Waals surface area contributed by atoms with Crippen LogP contribution in [-0.4, -0.2) is 24.6 Å². The maximum atomic E-state index is 10.9.